The Balaban J connectivity index is 2.06. The van der Waals surface area contributed by atoms with Gasteiger partial charge in [0.25, 0.3) is 5.69 Å². The van der Waals surface area contributed by atoms with Gasteiger partial charge >= 0.3 is 5.69 Å². The lowest BCUT2D eigenvalue weighted by molar-refractivity contribution is -0.384. The van der Waals surface area contributed by atoms with E-state index in [9.17, 15) is 25.0 Å². The first kappa shape index (κ1) is 21.4. The third-order valence-corrected chi connectivity index (χ3v) is 3.39. The minimum absolute atomic E-state index is 0.0768. The van der Waals surface area contributed by atoms with E-state index in [0.29, 0.717) is 5.56 Å². The van der Waals surface area contributed by atoms with Crippen LogP contribution in [-0.4, -0.2) is 31.3 Å². The number of hydrazine groups is 2. The van der Waals surface area contributed by atoms with Crippen LogP contribution in [-0.2, 0) is 11.2 Å². The lowest BCUT2D eigenvalue weighted by Gasteiger charge is -2.21. The van der Waals surface area contributed by atoms with Crippen molar-refractivity contribution in [1.29, 1.82) is 0 Å². The molecule has 0 fully saturated rings. The van der Waals surface area contributed by atoms with Crippen LogP contribution in [0.4, 0.5) is 23.0 Å². The number of benzene rings is 1. The molecule has 1 aromatic heterocycles. The highest BCUT2D eigenvalue weighted by molar-refractivity contribution is 5.81. The van der Waals surface area contributed by atoms with Crippen LogP contribution >= 0.6 is 0 Å². The van der Waals surface area contributed by atoms with E-state index in [1.807, 2.05) is 20.8 Å². The first-order valence-corrected chi connectivity index (χ1v) is 8.37. The Labute approximate surface area is 165 Å². The van der Waals surface area contributed by atoms with Gasteiger partial charge in [-0.05, 0) is 26.3 Å². The highest BCUT2D eigenvalue weighted by Gasteiger charge is 2.24. The second-order valence-electron chi connectivity index (χ2n) is 6.95. The Hall–Kier alpha value is -3.87. The molecule has 0 bridgehead atoms. The number of rotatable bonds is 8. The van der Waals surface area contributed by atoms with Crippen molar-refractivity contribution in [3.05, 3.63) is 56.4 Å². The van der Waals surface area contributed by atoms with Crippen molar-refractivity contribution in [1.82, 2.24) is 20.8 Å². The number of anilines is 2. The van der Waals surface area contributed by atoms with Crippen LogP contribution in [0.15, 0.2) is 30.6 Å². The van der Waals surface area contributed by atoms with E-state index in [1.54, 1.807) is 0 Å². The molecule has 0 aliphatic rings. The summed E-state index contributed by atoms with van der Waals surface area (Å²) in [5.41, 5.74) is 9.86. The molecule has 13 heteroatoms. The molecule has 154 valence electrons. The average Bonchev–Trinajstić information content (AvgIpc) is 2.64. The van der Waals surface area contributed by atoms with Crippen LogP contribution in [0.5, 0.6) is 0 Å². The topological polar surface area (TPSA) is 177 Å². The molecule has 0 atom stereocenters. The van der Waals surface area contributed by atoms with Gasteiger partial charge < -0.3 is 0 Å². The van der Waals surface area contributed by atoms with Crippen molar-refractivity contribution in [2.24, 2.45) is 0 Å². The van der Waals surface area contributed by atoms with Gasteiger partial charge in [-0.15, -0.1) is 0 Å². The molecule has 4 N–H and O–H groups in total. The van der Waals surface area contributed by atoms with Gasteiger partial charge in [0.2, 0.25) is 17.5 Å². The molecule has 29 heavy (non-hydrogen) atoms. The molecule has 0 aliphatic carbocycles. The van der Waals surface area contributed by atoms with Crippen molar-refractivity contribution in [3.8, 4) is 0 Å². The van der Waals surface area contributed by atoms with Gasteiger partial charge in [-0.1, -0.05) is 12.1 Å². The van der Waals surface area contributed by atoms with Crippen molar-refractivity contribution in [2.45, 2.75) is 32.7 Å². The summed E-state index contributed by atoms with van der Waals surface area (Å²) >= 11 is 0. The Kier molecular flexibility index (Phi) is 6.56. The fraction of sp³-hybridized carbons (Fsp3) is 0.312. The maximum Gasteiger partial charge on any atom is 0.356 e. The van der Waals surface area contributed by atoms with Crippen LogP contribution < -0.4 is 21.7 Å². The average molecular weight is 404 g/mol. The van der Waals surface area contributed by atoms with E-state index < -0.39 is 21.4 Å². The number of amides is 1. The van der Waals surface area contributed by atoms with E-state index in [0.717, 1.165) is 6.33 Å². The lowest BCUT2D eigenvalue weighted by atomic mass is 10.1. The summed E-state index contributed by atoms with van der Waals surface area (Å²) in [6, 6.07) is 5.47. The molecule has 1 amide bonds. The standard InChI is InChI=1S/C16H20N8O5/c1-16(2,3)22-21-15-13(24(28)29)14(17-9-18-15)20-19-12(25)8-10-4-6-11(7-5-10)23(26)27/h4-7,9,22H,8H2,1-3H3,(H,19,25)(H2,17,18,20,21). The first-order valence-electron chi connectivity index (χ1n) is 8.37. The quantitative estimate of drug-likeness (QED) is 0.374. The van der Waals surface area contributed by atoms with Crippen LogP contribution in [0.3, 0.4) is 0 Å². The molecule has 0 radical (unpaired) electrons. The van der Waals surface area contributed by atoms with E-state index in [4.69, 9.17) is 0 Å². The Bertz CT molecular complexity index is 911. The van der Waals surface area contributed by atoms with Crippen LogP contribution in [0.2, 0.25) is 0 Å². The number of non-ortho nitro benzene ring substituents is 1. The Morgan fingerprint density at radius 1 is 1.00 bits per heavy atom. The Morgan fingerprint density at radius 2 is 1.59 bits per heavy atom. The molecule has 1 heterocycles. The van der Waals surface area contributed by atoms with Crippen molar-refractivity contribution < 1.29 is 14.6 Å². The van der Waals surface area contributed by atoms with Gasteiger partial charge in [-0.2, -0.15) is 0 Å². The summed E-state index contributed by atoms with van der Waals surface area (Å²) in [6.45, 7) is 5.56. The number of nitro groups is 2. The molecular weight excluding hydrogens is 384 g/mol. The van der Waals surface area contributed by atoms with Crippen LogP contribution in [0.1, 0.15) is 26.3 Å². The number of hydrogen-bond acceptors (Lipinski definition) is 10. The maximum atomic E-state index is 12.1. The first-order chi connectivity index (χ1) is 13.6. The highest BCUT2D eigenvalue weighted by Crippen LogP contribution is 2.28. The summed E-state index contributed by atoms with van der Waals surface area (Å²) in [6.07, 6.45) is 1.01. The number of nitrogens with zero attached hydrogens (tertiary/aromatic N) is 4. The minimum atomic E-state index is -0.683. The molecule has 1 aromatic carbocycles. The van der Waals surface area contributed by atoms with E-state index in [1.165, 1.54) is 24.3 Å². The number of hydrogen-bond donors (Lipinski definition) is 4. The number of aromatic nitrogens is 2. The zero-order chi connectivity index (χ0) is 21.6. The predicted octanol–water partition coefficient (Wildman–Crippen LogP) is 1.69. The van der Waals surface area contributed by atoms with Crippen LogP contribution in [0, 0.1) is 20.2 Å². The third kappa shape index (κ3) is 6.35. The molecule has 2 aromatic rings. The second kappa shape index (κ2) is 8.88. The number of carbonyl (C=O) groups excluding carboxylic acids is 1. The fourth-order valence-electron chi connectivity index (χ4n) is 2.08. The van der Waals surface area contributed by atoms with E-state index in [2.05, 4.69) is 31.7 Å². The molecule has 0 aliphatic heterocycles. The van der Waals surface area contributed by atoms with Crippen molar-refractivity contribution in [3.63, 3.8) is 0 Å². The number of nitrogens with one attached hydrogen (secondary N) is 4. The summed E-state index contributed by atoms with van der Waals surface area (Å²) in [5, 5.41) is 22.1. The number of nitro benzene ring substituents is 1. The highest BCUT2D eigenvalue weighted by atomic mass is 16.6. The molecule has 0 saturated carbocycles. The summed E-state index contributed by atoms with van der Waals surface area (Å²) in [4.78, 5) is 40.6. The molecule has 13 nitrogen and oxygen atoms in total. The van der Waals surface area contributed by atoms with Gasteiger partial charge in [0.05, 0.1) is 16.3 Å². The lowest BCUT2D eigenvalue weighted by Crippen LogP contribution is -2.40. The minimum Gasteiger partial charge on any atom is -0.299 e. The molecular formula is C16H20N8O5. The largest absolute Gasteiger partial charge is 0.356 e. The number of carbonyl (C=O) groups is 1. The maximum absolute atomic E-state index is 12.1. The molecule has 0 spiro atoms. The fourth-order valence-corrected chi connectivity index (χ4v) is 2.08. The summed E-state index contributed by atoms with van der Waals surface area (Å²) in [7, 11) is 0. The normalized spacial score (nSPS) is 10.9. The smallest absolute Gasteiger partial charge is 0.299 e. The molecule has 0 saturated heterocycles. The zero-order valence-electron chi connectivity index (χ0n) is 15.9. The van der Waals surface area contributed by atoms with E-state index >= 15 is 0 Å². The predicted molar refractivity (Wildman–Crippen MR) is 104 cm³/mol. The van der Waals surface area contributed by atoms with Gasteiger partial charge in [0, 0.05) is 17.7 Å². The summed E-state index contributed by atoms with van der Waals surface area (Å²) in [5.74, 6) is -0.804. The van der Waals surface area contributed by atoms with Crippen molar-refractivity contribution >= 4 is 28.9 Å². The van der Waals surface area contributed by atoms with Gasteiger partial charge in [0.1, 0.15) is 6.33 Å². The molecule has 0 unspecified atom stereocenters. The zero-order valence-corrected chi connectivity index (χ0v) is 15.9. The van der Waals surface area contributed by atoms with Gasteiger partial charge in [-0.3, -0.25) is 41.3 Å². The Morgan fingerprint density at radius 3 is 2.10 bits per heavy atom. The third-order valence-electron chi connectivity index (χ3n) is 3.39. The molecule has 2 rings (SSSR count). The van der Waals surface area contributed by atoms with Gasteiger partial charge in [-0.25, -0.2) is 15.4 Å². The monoisotopic (exact) mass is 404 g/mol. The second-order valence-corrected chi connectivity index (χ2v) is 6.95. The van der Waals surface area contributed by atoms with Crippen LogP contribution in [0.25, 0.3) is 0 Å². The van der Waals surface area contributed by atoms with E-state index in [-0.39, 0.29) is 29.3 Å². The van der Waals surface area contributed by atoms with Gasteiger partial charge in [0.15, 0.2) is 0 Å². The van der Waals surface area contributed by atoms with Crippen molar-refractivity contribution in [2.75, 3.05) is 10.9 Å². The summed E-state index contributed by atoms with van der Waals surface area (Å²) < 4.78 is 0. The SMILES string of the molecule is CC(C)(C)NNc1ncnc(NNC(=O)Cc2ccc([N+](=O)[O-])cc2)c1[N+](=O)[O-].